The Kier molecular flexibility index (Phi) is 4.34. The maximum atomic E-state index is 11.9. The molecule has 1 amide bonds. The highest BCUT2D eigenvalue weighted by atomic mass is 16.4. The largest absolute Gasteiger partial charge is 0.422 e. The predicted molar refractivity (Wildman–Crippen MR) is 74.3 cm³/mol. The minimum Gasteiger partial charge on any atom is -0.422 e. The number of nitrogens with one attached hydrogen (secondary N) is 1. The number of hydrogen-bond acceptors (Lipinski definition) is 3. The van der Waals surface area contributed by atoms with Gasteiger partial charge in [-0.05, 0) is 18.6 Å². The van der Waals surface area contributed by atoms with Crippen LogP contribution in [0.3, 0.4) is 0 Å². The highest BCUT2D eigenvalue weighted by Gasteiger charge is 2.12. The molecular weight excluding hydrogens is 242 g/mol. The Morgan fingerprint density at radius 1 is 1.26 bits per heavy atom. The van der Waals surface area contributed by atoms with E-state index < -0.39 is 5.63 Å². The summed E-state index contributed by atoms with van der Waals surface area (Å²) in [6.45, 7) is 2.68. The zero-order valence-corrected chi connectivity index (χ0v) is 10.9. The Labute approximate surface area is 111 Å². The van der Waals surface area contributed by atoms with Gasteiger partial charge in [0.15, 0.2) is 0 Å². The molecule has 1 aromatic heterocycles. The second-order valence-electron chi connectivity index (χ2n) is 4.45. The van der Waals surface area contributed by atoms with Crippen LogP contribution in [0.25, 0.3) is 11.0 Å². The van der Waals surface area contributed by atoms with E-state index in [1.54, 1.807) is 18.2 Å². The van der Waals surface area contributed by atoms with E-state index in [1.807, 2.05) is 12.1 Å². The Morgan fingerprint density at radius 3 is 2.84 bits per heavy atom. The van der Waals surface area contributed by atoms with Crippen LogP contribution >= 0.6 is 0 Å². The van der Waals surface area contributed by atoms with Gasteiger partial charge in [0.2, 0.25) is 0 Å². The van der Waals surface area contributed by atoms with Gasteiger partial charge in [0.1, 0.15) is 11.1 Å². The van der Waals surface area contributed by atoms with E-state index in [0.29, 0.717) is 12.1 Å². The first-order valence-electron chi connectivity index (χ1n) is 6.53. The number of amides is 1. The van der Waals surface area contributed by atoms with Crippen LogP contribution in [-0.4, -0.2) is 12.5 Å². The molecule has 0 aliphatic carbocycles. The molecule has 19 heavy (non-hydrogen) atoms. The summed E-state index contributed by atoms with van der Waals surface area (Å²) in [7, 11) is 0. The summed E-state index contributed by atoms with van der Waals surface area (Å²) in [4.78, 5) is 23.6. The summed E-state index contributed by atoms with van der Waals surface area (Å²) >= 11 is 0. The van der Waals surface area contributed by atoms with Crippen LogP contribution in [0.4, 0.5) is 0 Å². The van der Waals surface area contributed by atoms with Gasteiger partial charge in [-0.1, -0.05) is 38.0 Å². The molecule has 1 aromatic carbocycles. The zero-order chi connectivity index (χ0) is 13.7. The second kappa shape index (κ2) is 6.18. The molecule has 100 valence electrons. The number of rotatable bonds is 5. The summed E-state index contributed by atoms with van der Waals surface area (Å²) in [5.74, 6) is -0.365. The second-order valence-corrected chi connectivity index (χ2v) is 4.45. The van der Waals surface area contributed by atoms with E-state index >= 15 is 0 Å². The van der Waals surface area contributed by atoms with Gasteiger partial charge < -0.3 is 9.73 Å². The summed E-state index contributed by atoms with van der Waals surface area (Å²) in [5, 5.41) is 3.49. The first-order chi connectivity index (χ1) is 9.22. The van der Waals surface area contributed by atoms with Crippen molar-refractivity contribution in [2.75, 3.05) is 6.54 Å². The number of para-hydroxylation sites is 1. The minimum absolute atomic E-state index is 0.0650. The van der Waals surface area contributed by atoms with Gasteiger partial charge in [-0.15, -0.1) is 0 Å². The lowest BCUT2D eigenvalue weighted by Crippen LogP contribution is -2.29. The van der Waals surface area contributed by atoms with Crippen LogP contribution in [0.15, 0.2) is 39.5 Å². The fraction of sp³-hybridized carbons (Fsp3) is 0.333. The molecule has 0 unspecified atom stereocenters. The molecule has 0 saturated heterocycles. The van der Waals surface area contributed by atoms with E-state index in [-0.39, 0.29) is 11.5 Å². The third kappa shape index (κ3) is 3.22. The Morgan fingerprint density at radius 2 is 2.05 bits per heavy atom. The van der Waals surface area contributed by atoms with Crippen molar-refractivity contribution in [3.63, 3.8) is 0 Å². The van der Waals surface area contributed by atoms with Crippen molar-refractivity contribution in [1.82, 2.24) is 5.32 Å². The van der Waals surface area contributed by atoms with Crippen molar-refractivity contribution in [2.24, 2.45) is 0 Å². The van der Waals surface area contributed by atoms with Crippen LogP contribution in [0.5, 0.6) is 0 Å². The van der Waals surface area contributed by atoms with E-state index in [4.69, 9.17) is 4.42 Å². The van der Waals surface area contributed by atoms with E-state index in [9.17, 15) is 9.59 Å². The minimum atomic E-state index is -0.591. The molecule has 0 bridgehead atoms. The molecule has 0 spiro atoms. The topological polar surface area (TPSA) is 59.3 Å². The number of fused-ring (bicyclic) bond motifs is 1. The Bertz CT molecular complexity index is 631. The molecule has 0 radical (unpaired) electrons. The lowest BCUT2D eigenvalue weighted by Gasteiger charge is -2.04. The van der Waals surface area contributed by atoms with Crippen molar-refractivity contribution in [3.05, 3.63) is 46.3 Å². The molecule has 2 aromatic rings. The van der Waals surface area contributed by atoms with Crippen molar-refractivity contribution in [2.45, 2.75) is 26.2 Å². The van der Waals surface area contributed by atoms with E-state index in [2.05, 4.69) is 12.2 Å². The third-order valence-electron chi connectivity index (χ3n) is 2.95. The van der Waals surface area contributed by atoms with Gasteiger partial charge in [-0.2, -0.15) is 0 Å². The molecular formula is C15H17NO3. The normalized spacial score (nSPS) is 10.6. The quantitative estimate of drug-likeness (QED) is 0.663. The molecule has 0 saturated carbocycles. The molecule has 1 N–H and O–H groups in total. The molecule has 4 nitrogen and oxygen atoms in total. The summed E-state index contributed by atoms with van der Waals surface area (Å²) < 4.78 is 5.12. The third-order valence-corrected chi connectivity index (χ3v) is 2.95. The van der Waals surface area contributed by atoms with Crippen molar-refractivity contribution in [1.29, 1.82) is 0 Å². The Balaban J connectivity index is 2.17. The molecule has 0 fully saturated rings. The summed E-state index contributed by atoms with van der Waals surface area (Å²) in [5.41, 5.74) is -0.0306. The van der Waals surface area contributed by atoms with E-state index in [0.717, 1.165) is 24.6 Å². The van der Waals surface area contributed by atoms with Gasteiger partial charge in [0.05, 0.1) is 0 Å². The average Bonchev–Trinajstić information content (AvgIpc) is 2.42. The van der Waals surface area contributed by atoms with Crippen LogP contribution in [-0.2, 0) is 0 Å². The monoisotopic (exact) mass is 259 g/mol. The molecule has 0 atom stereocenters. The number of carbonyl (C=O) groups excluding carboxylic acids is 1. The van der Waals surface area contributed by atoms with E-state index in [1.165, 1.54) is 0 Å². The van der Waals surface area contributed by atoms with Crippen molar-refractivity contribution >= 4 is 16.9 Å². The summed E-state index contributed by atoms with van der Waals surface area (Å²) in [6, 6.07) is 8.73. The van der Waals surface area contributed by atoms with Crippen LogP contribution in [0, 0.1) is 0 Å². The first-order valence-corrected chi connectivity index (χ1v) is 6.53. The maximum absolute atomic E-state index is 11.9. The fourth-order valence-corrected chi connectivity index (χ4v) is 1.89. The smallest absolute Gasteiger partial charge is 0.349 e. The molecule has 0 aliphatic rings. The van der Waals surface area contributed by atoms with Crippen LogP contribution < -0.4 is 10.9 Å². The fourth-order valence-electron chi connectivity index (χ4n) is 1.89. The van der Waals surface area contributed by atoms with Gasteiger partial charge in [0.25, 0.3) is 5.91 Å². The lowest BCUT2D eigenvalue weighted by molar-refractivity contribution is 0.0949. The number of benzene rings is 1. The zero-order valence-electron chi connectivity index (χ0n) is 10.9. The SMILES string of the molecule is CCCCCNC(=O)c1cc2ccccc2oc1=O. The number of carbonyl (C=O) groups is 1. The predicted octanol–water partition coefficient (Wildman–Crippen LogP) is 2.71. The molecule has 1 heterocycles. The van der Waals surface area contributed by atoms with Crippen LogP contribution in [0.2, 0.25) is 0 Å². The highest BCUT2D eigenvalue weighted by molar-refractivity contribution is 5.96. The van der Waals surface area contributed by atoms with Crippen molar-refractivity contribution in [3.8, 4) is 0 Å². The standard InChI is InChI=1S/C15H17NO3/c1-2-3-6-9-16-14(17)12-10-11-7-4-5-8-13(11)19-15(12)18/h4-5,7-8,10H,2-3,6,9H2,1H3,(H,16,17). The van der Waals surface area contributed by atoms with Gasteiger partial charge in [-0.25, -0.2) is 4.79 Å². The Hall–Kier alpha value is -2.10. The van der Waals surface area contributed by atoms with Gasteiger partial charge in [-0.3, -0.25) is 4.79 Å². The van der Waals surface area contributed by atoms with Gasteiger partial charge >= 0.3 is 5.63 Å². The number of unbranched alkanes of at least 4 members (excludes halogenated alkanes) is 2. The maximum Gasteiger partial charge on any atom is 0.349 e. The van der Waals surface area contributed by atoms with Crippen LogP contribution in [0.1, 0.15) is 36.5 Å². The molecule has 0 aliphatic heterocycles. The first kappa shape index (κ1) is 13.3. The molecule has 2 rings (SSSR count). The highest BCUT2D eigenvalue weighted by Crippen LogP contribution is 2.12. The number of hydrogen-bond donors (Lipinski definition) is 1. The van der Waals surface area contributed by atoms with Crippen molar-refractivity contribution < 1.29 is 9.21 Å². The van der Waals surface area contributed by atoms with Gasteiger partial charge in [0, 0.05) is 11.9 Å². The summed E-state index contributed by atoms with van der Waals surface area (Å²) in [6.07, 6.45) is 3.07. The lowest BCUT2D eigenvalue weighted by atomic mass is 10.2. The average molecular weight is 259 g/mol. The molecule has 4 heteroatoms.